The Morgan fingerprint density at radius 2 is 1.88 bits per heavy atom. The van der Waals surface area contributed by atoms with Crippen molar-refractivity contribution in [2.45, 2.75) is 64.4 Å². The standard InChI is InChI=1S/C14H26O2/c1-11(2)12-5-3-8-14(16,9-12)13(10-15)6-4-7-13/h11-12,15-16H,3-10H2,1-2H3. The number of rotatable bonds is 3. The Hall–Kier alpha value is -0.0800. The molecule has 2 aliphatic carbocycles. The van der Waals surface area contributed by atoms with E-state index >= 15 is 0 Å². The van der Waals surface area contributed by atoms with Crippen LogP contribution in [0.1, 0.15) is 58.8 Å². The number of hydrogen-bond donors (Lipinski definition) is 2. The van der Waals surface area contributed by atoms with E-state index in [1.165, 1.54) is 12.8 Å². The van der Waals surface area contributed by atoms with Crippen LogP contribution in [0.4, 0.5) is 0 Å². The fraction of sp³-hybridized carbons (Fsp3) is 1.00. The van der Waals surface area contributed by atoms with E-state index in [0.29, 0.717) is 11.8 Å². The lowest BCUT2D eigenvalue weighted by Gasteiger charge is -2.55. The van der Waals surface area contributed by atoms with E-state index in [2.05, 4.69) is 13.8 Å². The summed E-state index contributed by atoms with van der Waals surface area (Å²) < 4.78 is 0. The van der Waals surface area contributed by atoms with Crippen molar-refractivity contribution in [3.8, 4) is 0 Å². The van der Waals surface area contributed by atoms with Crippen LogP contribution >= 0.6 is 0 Å². The SMILES string of the molecule is CC(C)C1CCCC(O)(C2(CO)CCC2)C1. The van der Waals surface area contributed by atoms with Gasteiger partial charge in [-0.2, -0.15) is 0 Å². The average Bonchev–Trinajstić information content (AvgIpc) is 2.16. The van der Waals surface area contributed by atoms with Gasteiger partial charge in [-0.25, -0.2) is 0 Å². The van der Waals surface area contributed by atoms with E-state index in [4.69, 9.17) is 0 Å². The second kappa shape index (κ2) is 4.30. The van der Waals surface area contributed by atoms with Crippen LogP contribution in [-0.4, -0.2) is 22.4 Å². The molecule has 0 aliphatic heterocycles. The van der Waals surface area contributed by atoms with Gasteiger partial charge in [0.15, 0.2) is 0 Å². The van der Waals surface area contributed by atoms with Crippen LogP contribution in [0.3, 0.4) is 0 Å². The van der Waals surface area contributed by atoms with Crippen molar-refractivity contribution in [2.24, 2.45) is 17.3 Å². The van der Waals surface area contributed by atoms with Crippen molar-refractivity contribution >= 4 is 0 Å². The summed E-state index contributed by atoms with van der Waals surface area (Å²) in [7, 11) is 0. The molecule has 2 rings (SSSR count). The molecule has 2 atom stereocenters. The quantitative estimate of drug-likeness (QED) is 0.777. The first-order chi connectivity index (χ1) is 7.53. The number of aliphatic hydroxyl groups excluding tert-OH is 1. The topological polar surface area (TPSA) is 40.5 Å². The predicted octanol–water partition coefficient (Wildman–Crippen LogP) is 2.73. The summed E-state index contributed by atoms with van der Waals surface area (Å²) in [6.07, 6.45) is 7.40. The van der Waals surface area contributed by atoms with Gasteiger partial charge in [0.05, 0.1) is 12.2 Å². The summed E-state index contributed by atoms with van der Waals surface area (Å²) >= 11 is 0. The van der Waals surface area contributed by atoms with E-state index < -0.39 is 5.60 Å². The first-order valence-electron chi connectivity index (χ1n) is 6.86. The van der Waals surface area contributed by atoms with Crippen molar-refractivity contribution < 1.29 is 10.2 Å². The van der Waals surface area contributed by atoms with Crippen molar-refractivity contribution in [1.82, 2.24) is 0 Å². The predicted molar refractivity (Wildman–Crippen MR) is 65.1 cm³/mol. The van der Waals surface area contributed by atoms with Gasteiger partial charge in [0.1, 0.15) is 0 Å². The summed E-state index contributed by atoms with van der Waals surface area (Å²) in [5, 5.41) is 20.5. The molecule has 0 aromatic rings. The maximum absolute atomic E-state index is 10.9. The third-order valence-corrected chi connectivity index (χ3v) is 5.31. The molecule has 0 heterocycles. The first-order valence-corrected chi connectivity index (χ1v) is 6.86. The van der Waals surface area contributed by atoms with Gasteiger partial charge in [-0.15, -0.1) is 0 Å². The Morgan fingerprint density at radius 3 is 2.31 bits per heavy atom. The molecule has 16 heavy (non-hydrogen) atoms. The maximum atomic E-state index is 10.9. The van der Waals surface area contributed by atoms with Crippen LogP contribution in [0, 0.1) is 17.3 Å². The third-order valence-electron chi connectivity index (χ3n) is 5.31. The van der Waals surface area contributed by atoms with Crippen LogP contribution in [0.25, 0.3) is 0 Å². The lowest BCUT2D eigenvalue weighted by molar-refractivity contribution is -0.178. The molecule has 0 amide bonds. The van der Waals surface area contributed by atoms with Gasteiger partial charge >= 0.3 is 0 Å². The highest BCUT2D eigenvalue weighted by molar-refractivity contribution is 5.05. The molecule has 0 bridgehead atoms. The van der Waals surface area contributed by atoms with E-state index in [0.717, 1.165) is 32.1 Å². The fourth-order valence-corrected chi connectivity index (χ4v) is 3.72. The minimum Gasteiger partial charge on any atom is -0.396 e. The minimum atomic E-state index is -0.576. The van der Waals surface area contributed by atoms with E-state index in [1.807, 2.05) is 0 Å². The summed E-state index contributed by atoms with van der Waals surface area (Å²) in [4.78, 5) is 0. The van der Waals surface area contributed by atoms with Crippen LogP contribution in [0.2, 0.25) is 0 Å². The Kier molecular flexibility index (Phi) is 3.33. The van der Waals surface area contributed by atoms with Gasteiger partial charge in [0.2, 0.25) is 0 Å². The van der Waals surface area contributed by atoms with Gasteiger partial charge in [-0.1, -0.05) is 26.7 Å². The molecule has 2 heteroatoms. The van der Waals surface area contributed by atoms with Crippen molar-refractivity contribution in [3.05, 3.63) is 0 Å². The zero-order valence-electron chi connectivity index (χ0n) is 10.7. The van der Waals surface area contributed by atoms with Crippen LogP contribution in [0.15, 0.2) is 0 Å². The maximum Gasteiger partial charge on any atom is 0.0728 e. The highest BCUT2D eigenvalue weighted by Crippen LogP contribution is 2.55. The molecule has 0 aromatic carbocycles. The molecule has 2 fully saturated rings. The molecule has 0 aromatic heterocycles. The molecule has 2 saturated carbocycles. The molecular formula is C14H26O2. The first kappa shape index (κ1) is 12.4. The van der Waals surface area contributed by atoms with Crippen LogP contribution in [-0.2, 0) is 0 Å². The average molecular weight is 226 g/mol. The van der Waals surface area contributed by atoms with Gasteiger partial charge < -0.3 is 10.2 Å². The molecule has 2 nitrogen and oxygen atoms in total. The summed E-state index contributed by atoms with van der Waals surface area (Å²) in [5.74, 6) is 1.30. The smallest absolute Gasteiger partial charge is 0.0728 e. The molecule has 2 unspecified atom stereocenters. The highest BCUT2D eigenvalue weighted by Gasteiger charge is 2.54. The molecule has 94 valence electrons. The van der Waals surface area contributed by atoms with Crippen molar-refractivity contribution in [1.29, 1.82) is 0 Å². The third kappa shape index (κ3) is 1.80. The summed E-state index contributed by atoms with van der Waals surface area (Å²) in [6.45, 7) is 4.68. The second-order valence-electron chi connectivity index (χ2n) is 6.42. The van der Waals surface area contributed by atoms with Gasteiger partial charge in [0, 0.05) is 5.41 Å². The summed E-state index contributed by atoms with van der Waals surface area (Å²) in [5.41, 5.74) is -0.728. The number of hydrogen-bond acceptors (Lipinski definition) is 2. The Morgan fingerprint density at radius 1 is 1.19 bits per heavy atom. The Labute approximate surface area is 99.1 Å². The van der Waals surface area contributed by atoms with E-state index in [1.54, 1.807) is 0 Å². The van der Waals surface area contributed by atoms with Gasteiger partial charge in [-0.3, -0.25) is 0 Å². The van der Waals surface area contributed by atoms with E-state index in [9.17, 15) is 10.2 Å². The molecule has 0 saturated heterocycles. The minimum absolute atomic E-state index is 0.152. The number of aliphatic hydroxyl groups is 2. The van der Waals surface area contributed by atoms with E-state index in [-0.39, 0.29) is 12.0 Å². The van der Waals surface area contributed by atoms with Crippen molar-refractivity contribution in [2.75, 3.05) is 6.61 Å². The zero-order chi connectivity index (χ0) is 11.8. The highest BCUT2D eigenvalue weighted by atomic mass is 16.3. The lowest BCUT2D eigenvalue weighted by atomic mass is 9.53. The Balaban J connectivity index is 2.11. The lowest BCUT2D eigenvalue weighted by Crippen LogP contribution is -2.57. The van der Waals surface area contributed by atoms with Gasteiger partial charge in [-0.05, 0) is 43.9 Å². The normalized spacial score (nSPS) is 38.4. The van der Waals surface area contributed by atoms with Gasteiger partial charge in [0.25, 0.3) is 0 Å². The second-order valence-corrected chi connectivity index (χ2v) is 6.42. The fourth-order valence-electron chi connectivity index (χ4n) is 3.72. The van der Waals surface area contributed by atoms with Crippen LogP contribution < -0.4 is 0 Å². The zero-order valence-corrected chi connectivity index (χ0v) is 10.7. The molecule has 0 radical (unpaired) electrons. The summed E-state index contributed by atoms with van der Waals surface area (Å²) in [6, 6.07) is 0. The molecule has 0 spiro atoms. The molecule has 2 aliphatic rings. The molecule has 2 N–H and O–H groups in total. The monoisotopic (exact) mass is 226 g/mol. The van der Waals surface area contributed by atoms with Crippen molar-refractivity contribution in [3.63, 3.8) is 0 Å². The largest absolute Gasteiger partial charge is 0.396 e. The van der Waals surface area contributed by atoms with Crippen LogP contribution in [0.5, 0.6) is 0 Å². The Bertz CT molecular complexity index is 240. The molecular weight excluding hydrogens is 200 g/mol.